The van der Waals surface area contributed by atoms with Gasteiger partial charge in [-0.15, -0.1) is 11.6 Å². The van der Waals surface area contributed by atoms with Gasteiger partial charge in [0.1, 0.15) is 12.1 Å². The van der Waals surface area contributed by atoms with E-state index >= 15 is 0 Å². The summed E-state index contributed by atoms with van der Waals surface area (Å²) in [5.74, 6) is 1.66. The van der Waals surface area contributed by atoms with Gasteiger partial charge < -0.3 is 5.32 Å². The Hall–Kier alpha value is -1.35. The molecule has 0 aliphatic carbocycles. The number of anilines is 1. The second-order valence-electron chi connectivity index (χ2n) is 3.92. The average Bonchev–Trinajstić information content (AvgIpc) is 2.39. The maximum Gasteiger partial charge on any atom is 0.137 e. The largest absolute Gasteiger partial charge is 0.369 e. The summed E-state index contributed by atoms with van der Waals surface area (Å²) in [4.78, 5) is 8.51. The summed E-state index contributed by atoms with van der Waals surface area (Å²) in [5, 5.41) is 4.43. The summed E-state index contributed by atoms with van der Waals surface area (Å²) in [6.07, 6.45) is 4.95. The van der Waals surface area contributed by atoms with Gasteiger partial charge in [-0.25, -0.2) is 9.97 Å². The molecule has 0 unspecified atom stereocenters. The van der Waals surface area contributed by atoms with Gasteiger partial charge in [-0.2, -0.15) is 0 Å². The Kier molecular flexibility index (Phi) is 4.56. The van der Waals surface area contributed by atoms with Gasteiger partial charge in [-0.1, -0.05) is 18.6 Å². The van der Waals surface area contributed by atoms with Gasteiger partial charge in [0.05, 0.1) is 5.52 Å². The standard InChI is InChI=1S/C13H16ClN3/c14-8-4-1-5-9-15-13-11-6-2-3-7-12(11)16-10-17-13/h2-3,6-7,10H,1,4-5,8-9H2,(H,15,16,17). The number of aromatic nitrogens is 2. The van der Waals surface area contributed by atoms with Crippen LogP contribution in [0.4, 0.5) is 5.82 Å². The predicted octanol–water partition coefficient (Wildman–Crippen LogP) is 3.45. The molecule has 0 amide bonds. The van der Waals surface area contributed by atoms with Crippen LogP contribution in [0.25, 0.3) is 10.9 Å². The molecule has 17 heavy (non-hydrogen) atoms. The van der Waals surface area contributed by atoms with Crippen LogP contribution < -0.4 is 5.32 Å². The quantitative estimate of drug-likeness (QED) is 0.629. The zero-order valence-corrected chi connectivity index (χ0v) is 10.5. The topological polar surface area (TPSA) is 37.8 Å². The van der Waals surface area contributed by atoms with Crippen LogP contribution in [0.5, 0.6) is 0 Å². The summed E-state index contributed by atoms with van der Waals surface area (Å²) in [6, 6.07) is 8.02. The highest BCUT2D eigenvalue weighted by molar-refractivity contribution is 6.17. The molecule has 0 atom stereocenters. The van der Waals surface area contributed by atoms with Gasteiger partial charge in [-0.3, -0.25) is 0 Å². The summed E-state index contributed by atoms with van der Waals surface area (Å²) in [5.41, 5.74) is 0.978. The van der Waals surface area contributed by atoms with Crippen molar-refractivity contribution in [3.63, 3.8) is 0 Å². The van der Waals surface area contributed by atoms with Crippen LogP contribution in [0.3, 0.4) is 0 Å². The maximum atomic E-state index is 5.63. The number of hydrogen-bond acceptors (Lipinski definition) is 3. The van der Waals surface area contributed by atoms with Crippen molar-refractivity contribution in [2.75, 3.05) is 17.7 Å². The molecule has 1 heterocycles. The van der Waals surface area contributed by atoms with E-state index in [4.69, 9.17) is 11.6 Å². The molecule has 90 valence electrons. The van der Waals surface area contributed by atoms with E-state index in [1.54, 1.807) is 6.33 Å². The highest BCUT2D eigenvalue weighted by Crippen LogP contribution is 2.18. The Morgan fingerprint density at radius 2 is 1.94 bits per heavy atom. The normalized spacial score (nSPS) is 10.6. The second-order valence-corrected chi connectivity index (χ2v) is 4.29. The number of alkyl halides is 1. The fourth-order valence-corrected chi connectivity index (χ4v) is 1.94. The number of para-hydroxylation sites is 1. The van der Waals surface area contributed by atoms with Crippen LogP contribution in [0.2, 0.25) is 0 Å². The van der Waals surface area contributed by atoms with Gasteiger partial charge in [-0.05, 0) is 25.0 Å². The van der Waals surface area contributed by atoms with Crippen molar-refractivity contribution < 1.29 is 0 Å². The molecule has 0 spiro atoms. The molecule has 0 saturated heterocycles. The lowest BCUT2D eigenvalue weighted by molar-refractivity contribution is 0.746. The molecule has 3 nitrogen and oxygen atoms in total. The van der Waals surface area contributed by atoms with Crippen molar-refractivity contribution in [2.45, 2.75) is 19.3 Å². The lowest BCUT2D eigenvalue weighted by Gasteiger charge is -2.07. The highest BCUT2D eigenvalue weighted by Gasteiger charge is 2.01. The third-order valence-corrected chi connectivity index (χ3v) is 2.91. The summed E-state index contributed by atoms with van der Waals surface area (Å²) < 4.78 is 0. The fraction of sp³-hybridized carbons (Fsp3) is 0.385. The number of halogens is 1. The molecule has 0 bridgehead atoms. The van der Waals surface area contributed by atoms with Crippen molar-refractivity contribution in [2.24, 2.45) is 0 Å². The van der Waals surface area contributed by atoms with E-state index < -0.39 is 0 Å². The van der Waals surface area contributed by atoms with E-state index in [-0.39, 0.29) is 0 Å². The summed E-state index contributed by atoms with van der Waals surface area (Å²) in [6.45, 7) is 0.928. The van der Waals surface area contributed by atoms with Crippen LogP contribution in [-0.4, -0.2) is 22.4 Å². The molecular weight excluding hydrogens is 234 g/mol. The number of nitrogens with zero attached hydrogens (tertiary/aromatic N) is 2. The molecule has 2 rings (SSSR count). The molecule has 0 aliphatic rings. The molecule has 0 saturated carbocycles. The first-order valence-electron chi connectivity index (χ1n) is 5.91. The molecular formula is C13H16ClN3. The number of rotatable bonds is 6. The third-order valence-electron chi connectivity index (χ3n) is 2.65. The van der Waals surface area contributed by atoms with Gasteiger partial charge in [0.2, 0.25) is 0 Å². The van der Waals surface area contributed by atoms with Gasteiger partial charge in [0.25, 0.3) is 0 Å². The molecule has 0 radical (unpaired) electrons. The van der Waals surface area contributed by atoms with Gasteiger partial charge >= 0.3 is 0 Å². The van der Waals surface area contributed by atoms with Gasteiger partial charge in [0, 0.05) is 17.8 Å². The zero-order chi connectivity index (χ0) is 11.9. The second kappa shape index (κ2) is 6.40. The van der Waals surface area contributed by atoms with Crippen LogP contribution in [-0.2, 0) is 0 Å². The van der Waals surface area contributed by atoms with E-state index in [9.17, 15) is 0 Å². The van der Waals surface area contributed by atoms with Crippen LogP contribution in [0.1, 0.15) is 19.3 Å². The minimum atomic E-state index is 0.746. The number of fused-ring (bicyclic) bond motifs is 1. The highest BCUT2D eigenvalue weighted by atomic mass is 35.5. The first-order chi connectivity index (χ1) is 8.42. The Balaban J connectivity index is 1.98. The van der Waals surface area contributed by atoms with E-state index in [1.165, 1.54) is 0 Å². The molecule has 1 aromatic carbocycles. The van der Waals surface area contributed by atoms with Crippen LogP contribution in [0.15, 0.2) is 30.6 Å². The number of hydrogen-bond donors (Lipinski definition) is 1. The van der Waals surface area contributed by atoms with E-state index in [0.29, 0.717) is 0 Å². The fourth-order valence-electron chi connectivity index (χ4n) is 1.75. The summed E-state index contributed by atoms with van der Waals surface area (Å²) >= 11 is 5.63. The SMILES string of the molecule is ClCCCCCNc1ncnc2ccccc12. The minimum absolute atomic E-state index is 0.746. The van der Waals surface area contributed by atoms with E-state index in [0.717, 1.165) is 48.4 Å². The molecule has 1 aromatic heterocycles. The Labute approximate surface area is 106 Å². The molecule has 4 heteroatoms. The Bertz CT molecular complexity index is 468. The number of benzene rings is 1. The maximum absolute atomic E-state index is 5.63. The number of unbranched alkanes of at least 4 members (excludes halogenated alkanes) is 2. The van der Waals surface area contributed by atoms with Crippen molar-refractivity contribution in [3.05, 3.63) is 30.6 Å². The van der Waals surface area contributed by atoms with Crippen molar-refractivity contribution in [1.82, 2.24) is 9.97 Å². The summed E-state index contributed by atoms with van der Waals surface area (Å²) in [7, 11) is 0. The molecule has 1 N–H and O–H groups in total. The lowest BCUT2D eigenvalue weighted by Crippen LogP contribution is -2.04. The molecule has 0 fully saturated rings. The van der Waals surface area contributed by atoms with Crippen molar-refractivity contribution in [1.29, 1.82) is 0 Å². The monoisotopic (exact) mass is 249 g/mol. The lowest BCUT2D eigenvalue weighted by atomic mass is 10.2. The number of nitrogens with one attached hydrogen (secondary N) is 1. The van der Waals surface area contributed by atoms with Gasteiger partial charge in [0.15, 0.2) is 0 Å². The first-order valence-corrected chi connectivity index (χ1v) is 6.45. The first kappa shape index (κ1) is 12.1. The predicted molar refractivity (Wildman–Crippen MR) is 72.6 cm³/mol. The van der Waals surface area contributed by atoms with Crippen LogP contribution in [0, 0.1) is 0 Å². The van der Waals surface area contributed by atoms with E-state index in [2.05, 4.69) is 15.3 Å². The zero-order valence-electron chi connectivity index (χ0n) is 9.69. The van der Waals surface area contributed by atoms with Crippen molar-refractivity contribution in [3.8, 4) is 0 Å². The smallest absolute Gasteiger partial charge is 0.137 e. The van der Waals surface area contributed by atoms with E-state index in [1.807, 2.05) is 24.3 Å². The molecule has 0 aliphatic heterocycles. The molecule has 2 aromatic rings. The van der Waals surface area contributed by atoms with Crippen molar-refractivity contribution >= 4 is 28.3 Å². The van der Waals surface area contributed by atoms with Crippen LogP contribution >= 0.6 is 11.6 Å². The Morgan fingerprint density at radius 1 is 1.06 bits per heavy atom. The average molecular weight is 250 g/mol. The Morgan fingerprint density at radius 3 is 2.82 bits per heavy atom. The third kappa shape index (κ3) is 3.30. The minimum Gasteiger partial charge on any atom is -0.369 e.